The highest BCUT2D eigenvalue weighted by molar-refractivity contribution is 6.35. The maximum absolute atomic E-state index is 12.8. The summed E-state index contributed by atoms with van der Waals surface area (Å²) in [7, 11) is 0. The number of ether oxygens (including phenoxy) is 1. The maximum atomic E-state index is 12.8. The Morgan fingerprint density at radius 3 is 2.62 bits per heavy atom. The Morgan fingerprint density at radius 1 is 0.974 bits per heavy atom. The van der Waals surface area contributed by atoms with E-state index in [0.29, 0.717) is 11.4 Å². The summed E-state index contributed by atoms with van der Waals surface area (Å²) >= 11 is 0. The molecule has 2 N–H and O–H groups in total. The fraction of sp³-hybridized carbons (Fsp3) is 0.133. The van der Waals surface area contributed by atoms with E-state index in [9.17, 15) is 4.79 Å². The molecule has 0 bridgehead atoms. The van der Waals surface area contributed by atoms with Crippen LogP contribution in [0.5, 0.6) is 0 Å². The van der Waals surface area contributed by atoms with Gasteiger partial charge in [-0.3, -0.25) is 9.78 Å². The van der Waals surface area contributed by atoms with Crippen LogP contribution >= 0.6 is 0 Å². The van der Waals surface area contributed by atoms with Crippen LogP contribution in [0.15, 0.2) is 85.6 Å². The van der Waals surface area contributed by atoms with E-state index in [1.54, 1.807) is 18.6 Å². The number of hydrogen-bond donors (Lipinski definition) is 2. The molecule has 2 aliphatic heterocycles. The average molecular weight is 516 g/mol. The average Bonchev–Trinajstić information content (AvgIpc) is 3.58. The number of rotatable bonds is 5. The summed E-state index contributed by atoms with van der Waals surface area (Å²) in [6.07, 6.45) is 10.9. The second-order valence-electron chi connectivity index (χ2n) is 9.46. The van der Waals surface area contributed by atoms with Gasteiger partial charge in [0.2, 0.25) is 0 Å². The molecule has 2 aliphatic rings. The number of nitrogens with zero attached hydrogens (tertiary/aromatic N) is 5. The number of amides is 1. The quantitative estimate of drug-likeness (QED) is 0.323. The van der Waals surface area contributed by atoms with Crippen molar-refractivity contribution in [2.45, 2.75) is 0 Å². The molecule has 0 spiro atoms. The number of hydrogen-bond acceptors (Lipinski definition) is 7. The predicted octanol–water partition coefficient (Wildman–Crippen LogP) is 4.86. The van der Waals surface area contributed by atoms with E-state index in [2.05, 4.69) is 49.8 Å². The fourth-order valence-electron chi connectivity index (χ4n) is 4.99. The molecule has 7 rings (SSSR count). The summed E-state index contributed by atoms with van der Waals surface area (Å²) in [5, 5.41) is 6.45. The smallest absolute Gasteiger partial charge is 0.256 e. The lowest BCUT2D eigenvalue weighted by Gasteiger charge is -2.28. The Balaban J connectivity index is 1.19. The number of carbonyl (C=O) groups excluding carboxylic acids is 1. The zero-order valence-corrected chi connectivity index (χ0v) is 21.0. The summed E-state index contributed by atoms with van der Waals surface area (Å²) < 4.78 is 7.42. The van der Waals surface area contributed by atoms with Crippen molar-refractivity contribution in [1.82, 2.24) is 19.4 Å². The lowest BCUT2D eigenvalue weighted by atomic mass is 10.0. The van der Waals surface area contributed by atoms with Crippen LogP contribution in [0.25, 0.3) is 28.6 Å². The molecule has 5 aromatic rings. The van der Waals surface area contributed by atoms with Crippen molar-refractivity contribution in [1.29, 1.82) is 0 Å². The van der Waals surface area contributed by atoms with E-state index in [0.717, 1.165) is 65.7 Å². The molecular formula is C30H25N7O2. The van der Waals surface area contributed by atoms with Gasteiger partial charge in [0.1, 0.15) is 0 Å². The monoisotopic (exact) mass is 515 g/mol. The standard InChI is InChI=1S/C30H25N7O2/c38-30-25(17-20-7-9-31-10-8-20)24-6-1-21(18-26(24)35-30)27-19-37-12-11-32-29(37)28(34-27)33-22-2-4-23(5-3-22)36-13-15-39-16-14-36/h1-12,17-19H,13-16H2,(H,33,34)(H,35,38)/b25-17+. The first-order valence-corrected chi connectivity index (χ1v) is 12.8. The Kier molecular flexibility index (Phi) is 5.75. The Morgan fingerprint density at radius 2 is 1.79 bits per heavy atom. The normalized spacial score (nSPS) is 15.9. The van der Waals surface area contributed by atoms with Crippen molar-refractivity contribution in [2.24, 2.45) is 0 Å². The summed E-state index contributed by atoms with van der Waals surface area (Å²) in [5.41, 5.74) is 7.66. The van der Waals surface area contributed by atoms with Crippen LogP contribution in [0.4, 0.5) is 22.9 Å². The fourth-order valence-corrected chi connectivity index (χ4v) is 4.99. The third kappa shape index (κ3) is 4.49. The van der Waals surface area contributed by atoms with E-state index >= 15 is 0 Å². The molecule has 39 heavy (non-hydrogen) atoms. The van der Waals surface area contributed by atoms with Crippen molar-refractivity contribution >= 4 is 46.1 Å². The van der Waals surface area contributed by atoms with E-state index in [-0.39, 0.29) is 5.91 Å². The Bertz CT molecular complexity index is 1710. The highest BCUT2D eigenvalue weighted by atomic mass is 16.5. The first-order valence-electron chi connectivity index (χ1n) is 12.8. The zero-order valence-electron chi connectivity index (χ0n) is 21.0. The third-order valence-electron chi connectivity index (χ3n) is 7.00. The minimum atomic E-state index is -0.125. The molecule has 1 saturated heterocycles. The summed E-state index contributed by atoms with van der Waals surface area (Å²) in [4.78, 5) is 28.6. The van der Waals surface area contributed by atoms with Gasteiger partial charge in [-0.05, 0) is 54.1 Å². The summed E-state index contributed by atoms with van der Waals surface area (Å²) in [6, 6.07) is 18.0. The SMILES string of the molecule is O=C1Nc2cc(-c3cn4ccnc4c(Nc4ccc(N5CCOCC5)cc4)n3)ccc2/C1=C\c1ccncc1. The van der Waals surface area contributed by atoms with Gasteiger partial charge in [-0.25, -0.2) is 9.97 Å². The van der Waals surface area contributed by atoms with Crippen LogP contribution in [0.3, 0.4) is 0 Å². The van der Waals surface area contributed by atoms with Crippen LogP contribution < -0.4 is 15.5 Å². The van der Waals surface area contributed by atoms with Crippen LogP contribution in [0, 0.1) is 0 Å². The lowest BCUT2D eigenvalue weighted by Crippen LogP contribution is -2.36. The minimum absolute atomic E-state index is 0.125. The number of fused-ring (bicyclic) bond motifs is 2. The second-order valence-corrected chi connectivity index (χ2v) is 9.46. The molecule has 3 aromatic heterocycles. The van der Waals surface area contributed by atoms with E-state index in [4.69, 9.17) is 9.72 Å². The highest BCUT2D eigenvalue weighted by Gasteiger charge is 2.25. The molecule has 9 nitrogen and oxygen atoms in total. The molecule has 1 amide bonds. The summed E-state index contributed by atoms with van der Waals surface area (Å²) in [5.74, 6) is 0.527. The predicted molar refractivity (Wildman–Crippen MR) is 152 cm³/mol. The number of morpholine rings is 1. The van der Waals surface area contributed by atoms with Crippen molar-refractivity contribution in [3.63, 3.8) is 0 Å². The minimum Gasteiger partial charge on any atom is -0.378 e. The number of carbonyl (C=O) groups is 1. The number of anilines is 4. The highest BCUT2D eigenvalue weighted by Crippen LogP contribution is 2.36. The molecule has 0 unspecified atom stereocenters. The molecular weight excluding hydrogens is 490 g/mol. The molecule has 192 valence electrons. The number of benzene rings is 2. The van der Waals surface area contributed by atoms with E-state index in [1.165, 1.54) is 5.69 Å². The molecule has 2 aromatic carbocycles. The molecule has 9 heteroatoms. The molecule has 0 aliphatic carbocycles. The van der Waals surface area contributed by atoms with Gasteiger partial charge in [-0.2, -0.15) is 0 Å². The lowest BCUT2D eigenvalue weighted by molar-refractivity contribution is -0.110. The summed E-state index contributed by atoms with van der Waals surface area (Å²) in [6.45, 7) is 3.30. The van der Waals surface area contributed by atoms with Crippen molar-refractivity contribution in [2.75, 3.05) is 41.8 Å². The van der Waals surface area contributed by atoms with Gasteiger partial charge >= 0.3 is 0 Å². The largest absolute Gasteiger partial charge is 0.378 e. The zero-order chi connectivity index (χ0) is 26.2. The maximum Gasteiger partial charge on any atom is 0.256 e. The van der Waals surface area contributed by atoms with Gasteiger partial charge in [-0.15, -0.1) is 0 Å². The van der Waals surface area contributed by atoms with Gasteiger partial charge in [0.05, 0.1) is 18.9 Å². The number of nitrogens with one attached hydrogen (secondary N) is 2. The molecule has 1 fully saturated rings. The van der Waals surface area contributed by atoms with Crippen molar-refractivity contribution in [3.8, 4) is 11.3 Å². The van der Waals surface area contributed by atoms with Crippen molar-refractivity contribution in [3.05, 3.63) is 96.7 Å². The van der Waals surface area contributed by atoms with Crippen LogP contribution in [-0.2, 0) is 9.53 Å². The first-order chi connectivity index (χ1) is 19.2. The molecule has 0 radical (unpaired) electrons. The van der Waals surface area contributed by atoms with Crippen molar-refractivity contribution < 1.29 is 9.53 Å². The topological polar surface area (TPSA) is 96.7 Å². The van der Waals surface area contributed by atoms with E-state index < -0.39 is 0 Å². The first kappa shape index (κ1) is 23.1. The van der Waals surface area contributed by atoms with Crippen LogP contribution in [-0.4, -0.2) is 51.6 Å². The number of imidazole rings is 1. The molecule has 0 atom stereocenters. The van der Waals surface area contributed by atoms with Crippen LogP contribution in [0.1, 0.15) is 11.1 Å². The van der Waals surface area contributed by atoms with Gasteiger partial charge < -0.3 is 24.7 Å². The van der Waals surface area contributed by atoms with Gasteiger partial charge in [0.25, 0.3) is 5.91 Å². The van der Waals surface area contributed by atoms with Crippen LogP contribution in [0.2, 0.25) is 0 Å². The number of pyridine rings is 1. The van der Waals surface area contributed by atoms with Gasteiger partial charge in [0, 0.05) is 77.8 Å². The number of aromatic nitrogens is 4. The second kappa shape index (κ2) is 9.70. The van der Waals surface area contributed by atoms with Gasteiger partial charge in [0.15, 0.2) is 11.5 Å². The molecule has 0 saturated carbocycles. The van der Waals surface area contributed by atoms with E-state index in [1.807, 2.05) is 53.2 Å². The Hall–Kier alpha value is -5.02. The Labute approximate surface area is 224 Å². The molecule has 5 heterocycles. The third-order valence-corrected chi connectivity index (χ3v) is 7.00. The van der Waals surface area contributed by atoms with Gasteiger partial charge in [-0.1, -0.05) is 12.1 Å².